The molecule has 0 radical (unpaired) electrons. The molecule has 1 aromatic carbocycles. The number of aliphatic carboxylic acids is 1. The summed E-state index contributed by atoms with van der Waals surface area (Å²) in [4.78, 5) is 32.9. The van der Waals surface area contributed by atoms with Gasteiger partial charge in [0.1, 0.15) is 11.4 Å². The largest absolute Gasteiger partial charge is 0.479 e. The van der Waals surface area contributed by atoms with Crippen LogP contribution in [0.4, 0.5) is 4.79 Å². The number of ether oxygens (including phenoxy) is 1. The van der Waals surface area contributed by atoms with Gasteiger partial charge in [-0.05, 0) is 30.7 Å². The molecule has 0 aromatic heterocycles. The van der Waals surface area contributed by atoms with Crippen molar-refractivity contribution >= 4 is 24.0 Å². The Morgan fingerprint density at radius 3 is 2.40 bits per heavy atom. The molecule has 0 aliphatic carbocycles. The summed E-state index contributed by atoms with van der Waals surface area (Å²) in [6, 6.07) is 5.90. The molecule has 0 spiro atoms. The first-order chi connectivity index (χ1) is 9.45. The van der Waals surface area contributed by atoms with Crippen LogP contribution in [0.25, 0.3) is 6.08 Å². The van der Waals surface area contributed by atoms with Crippen molar-refractivity contribution < 1.29 is 24.2 Å². The summed E-state index contributed by atoms with van der Waals surface area (Å²) in [5, 5.41) is 13.2. The second-order valence-electron chi connectivity index (χ2n) is 4.13. The Bertz CT molecular complexity index is 591. The molecular weight excluding hydrogens is 264 g/mol. The van der Waals surface area contributed by atoms with Crippen LogP contribution in [0, 0.1) is 0 Å². The van der Waals surface area contributed by atoms with E-state index < -0.39 is 24.0 Å². The lowest BCUT2D eigenvalue weighted by atomic mass is 10.2. The van der Waals surface area contributed by atoms with Crippen LogP contribution in [0.1, 0.15) is 12.5 Å². The predicted molar refractivity (Wildman–Crippen MR) is 68.8 cm³/mol. The van der Waals surface area contributed by atoms with E-state index in [-0.39, 0.29) is 5.70 Å². The van der Waals surface area contributed by atoms with Crippen LogP contribution >= 0.6 is 0 Å². The molecule has 7 heteroatoms. The Hall–Kier alpha value is -2.83. The van der Waals surface area contributed by atoms with Crippen molar-refractivity contribution in [3.63, 3.8) is 0 Å². The van der Waals surface area contributed by atoms with Gasteiger partial charge in [-0.3, -0.25) is 10.1 Å². The van der Waals surface area contributed by atoms with Gasteiger partial charge >= 0.3 is 12.0 Å². The number of nitrogens with one attached hydrogen (secondary N) is 2. The van der Waals surface area contributed by atoms with E-state index in [1.54, 1.807) is 24.3 Å². The average Bonchev–Trinajstić information content (AvgIpc) is 2.70. The molecule has 1 aliphatic heterocycles. The maximum atomic E-state index is 11.3. The normalized spacial score (nSPS) is 17.6. The summed E-state index contributed by atoms with van der Waals surface area (Å²) in [6.07, 6.45) is 0.559. The minimum absolute atomic E-state index is 0.155. The van der Waals surface area contributed by atoms with Crippen LogP contribution in [-0.4, -0.2) is 29.1 Å². The smallest absolute Gasteiger partial charge is 0.344 e. The van der Waals surface area contributed by atoms with E-state index >= 15 is 0 Å². The highest BCUT2D eigenvalue weighted by atomic mass is 16.5. The SMILES string of the molecule is CC(Oc1ccc(/C=C2/NC(=O)NC2=O)cc1)C(=O)O. The fourth-order valence-electron chi connectivity index (χ4n) is 1.55. The number of urea groups is 1. The topological polar surface area (TPSA) is 105 Å². The summed E-state index contributed by atoms with van der Waals surface area (Å²) < 4.78 is 5.17. The van der Waals surface area contributed by atoms with E-state index in [4.69, 9.17) is 9.84 Å². The predicted octanol–water partition coefficient (Wildman–Crippen LogP) is 0.719. The molecule has 1 aliphatic rings. The molecule has 7 nitrogen and oxygen atoms in total. The Kier molecular flexibility index (Phi) is 3.69. The lowest BCUT2D eigenvalue weighted by molar-refractivity contribution is -0.144. The number of carbonyl (C=O) groups excluding carboxylic acids is 2. The summed E-state index contributed by atoms with van der Waals surface area (Å²) >= 11 is 0. The van der Waals surface area contributed by atoms with Crippen LogP contribution in [-0.2, 0) is 9.59 Å². The van der Waals surface area contributed by atoms with Crippen LogP contribution < -0.4 is 15.4 Å². The molecule has 1 atom stereocenters. The standard InChI is InChI=1S/C13H12N2O5/c1-7(12(17)18)20-9-4-2-8(3-5-9)6-10-11(16)15-13(19)14-10/h2-7H,1H3,(H,17,18)(H2,14,15,16,19)/b10-6+. The van der Waals surface area contributed by atoms with E-state index in [0.717, 1.165) is 0 Å². The van der Waals surface area contributed by atoms with Crippen molar-refractivity contribution in [3.8, 4) is 5.75 Å². The number of rotatable bonds is 4. The minimum Gasteiger partial charge on any atom is -0.479 e. The first-order valence-electron chi connectivity index (χ1n) is 5.79. The van der Waals surface area contributed by atoms with Gasteiger partial charge < -0.3 is 15.2 Å². The Morgan fingerprint density at radius 2 is 1.90 bits per heavy atom. The zero-order chi connectivity index (χ0) is 14.7. The molecule has 1 unspecified atom stereocenters. The van der Waals surface area contributed by atoms with Gasteiger partial charge in [-0.2, -0.15) is 0 Å². The van der Waals surface area contributed by atoms with E-state index in [2.05, 4.69) is 10.6 Å². The van der Waals surface area contributed by atoms with E-state index in [1.807, 2.05) is 0 Å². The molecule has 104 valence electrons. The molecule has 0 bridgehead atoms. The average molecular weight is 276 g/mol. The van der Waals surface area contributed by atoms with E-state index in [1.165, 1.54) is 13.0 Å². The van der Waals surface area contributed by atoms with Crippen molar-refractivity contribution in [2.24, 2.45) is 0 Å². The molecular formula is C13H12N2O5. The quantitative estimate of drug-likeness (QED) is 0.555. The zero-order valence-corrected chi connectivity index (χ0v) is 10.5. The summed E-state index contributed by atoms with van der Waals surface area (Å²) in [7, 11) is 0. The van der Waals surface area contributed by atoms with Gasteiger partial charge in [-0.25, -0.2) is 9.59 Å². The third-order valence-corrected chi connectivity index (χ3v) is 2.57. The molecule has 3 N–H and O–H groups in total. The number of carboxylic acids is 1. The highest BCUT2D eigenvalue weighted by molar-refractivity contribution is 6.13. The van der Waals surface area contributed by atoms with Crippen molar-refractivity contribution in [1.29, 1.82) is 0 Å². The number of hydrogen-bond acceptors (Lipinski definition) is 4. The molecule has 1 aromatic rings. The number of benzene rings is 1. The van der Waals surface area contributed by atoms with Crippen LogP contribution in [0.2, 0.25) is 0 Å². The number of hydrogen-bond donors (Lipinski definition) is 3. The van der Waals surface area contributed by atoms with Crippen molar-refractivity contribution in [2.75, 3.05) is 0 Å². The van der Waals surface area contributed by atoms with E-state index in [9.17, 15) is 14.4 Å². The molecule has 0 saturated carbocycles. The van der Waals surface area contributed by atoms with Crippen LogP contribution in [0.5, 0.6) is 5.75 Å². The third-order valence-electron chi connectivity index (χ3n) is 2.57. The number of carbonyl (C=O) groups is 3. The van der Waals surface area contributed by atoms with E-state index in [0.29, 0.717) is 11.3 Å². The summed E-state index contributed by atoms with van der Waals surface area (Å²) in [6.45, 7) is 1.43. The molecule has 20 heavy (non-hydrogen) atoms. The third kappa shape index (κ3) is 3.14. The molecule has 1 heterocycles. The second-order valence-corrected chi connectivity index (χ2v) is 4.13. The fourth-order valence-corrected chi connectivity index (χ4v) is 1.55. The van der Waals surface area contributed by atoms with Gasteiger partial charge in [0.25, 0.3) is 5.91 Å². The monoisotopic (exact) mass is 276 g/mol. The highest BCUT2D eigenvalue weighted by Crippen LogP contribution is 2.16. The summed E-state index contributed by atoms with van der Waals surface area (Å²) in [5.74, 6) is -1.14. The first kappa shape index (κ1) is 13.6. The van der Waals surface area contributed by atoms with Crippen molar-refractivity contribution in [1.82, 2.24) is 10.6 Å². The Labute approximate surface area is 114 Å². The molecule has 3 amide bonds. The van der Waals surface area contributed by atoms with Crippen LogP contribution in [0.15, 0.2) is 30.0 Å². The summed E-state index contributed by atoms with van der Waals surface area (Å²) in [5.41, 5.74) is 0.829. The van der Waals surface area contributed by atoms with Gasteiger partial charge in [-0.1, -0.05) is 12.1 Å². The zero-order valence-electron chi connectivity index (χ0n) is 10.5. The van der Waals surface area contributed by atoms with Gasteiger partial charge in [0.2, 0.25) is 0 Å². The lowest BCUT2D eigenvalue weighted by Gasteiger charge is -2.10. The maximum Gasteiger partial charge on any atom is 0.344 e. The second kappa shape index (κ2) is 5.43. The fraction of sp³-hybridized carbons (Fsp3) is 0.154. The van der Waals surface area contributed by atoms with Crippen molar-refractivity contribution in [3.05, 3.63) is 35.5 Å². The lowest BCUT2D eigenvalue weighted by Crippen LogP contribution is -2.22. The highest BCUT2D eigenvalue weighted by Gasteiger charge is 2.22. The minimum atomic E-state index is -1.05. The van der Waals surface area contributed by atoms with Gasteiger partial charge in [0.05, 0.1) is 0 Å². The van der Waals surface area contributed by atoms with Crippen LogP contribution in [0.3, 0.4) is 0 Å². The first-order valence-corrected chi connectivity index (χ1v) is 5.79. The number of carboxylic acid groups (broad SMARTS) is 1. The number of imide groups is 1. The van der Waals surface area contributed by atoms with Gasteiger partial charge in [0, 0.05) is 0 Å². The van der Waals surface area contributed by atoms with Crippen molar-refractivity contribution in [2.45, 2.75) is 13.0 Å². The van der Waals surface area contributed by atoms with Gasteiger partial charge in [0.15, 0.2) is 6.10 Å². The molecule has 1 fully saturated rings. The maximum absolute atomic E-state index is 11.3. The van der Waals surface area contributed by atoms with Gasteiger partial charge in [-0.15, -0.1) is 0 Å². The molecule has 2 rings (SSSR count). The molecule has 1 saturated heterocycles. The number of amides is 3. The Balaban J connectivity index is 2.09. The Morgan fingerprint density at radius 1 is 1.25 bits per heavy atom.